The molecule has 0 heterocycles. The fourth-order valence-electron chi connectivity index (χ4n) is 3.15. The van der Waals surface area contributed by atoms with Gasteiger partial charge in [0.25, 0.3) is 0 Å². The molecule has 2 rings (SSSR count). The first kappa shape index (κ1) is 16.6. The maximum Gasteiger partial charge on any atom is 0.311 e. The molecule has 1 aromatic carbocycles. The van der Waals surface area contributed by atoms with Gasteiger partial charge in [-0.15, -0.1) is 0 Å². The number of hydrogen-bond donors (Lipinski definition) is 0. The smallest absolute Gasteiger partial charge is 0.311 e. The molecule has 3 heteroatoms. The predicted octanol–water partition coefficient (Wildman–Crippen LogP) is 4.39. The number of rotatable bonds is 6. The Morgan fingerprint density at radius 1 is 1.27 bits per heavy atom. The molecule has 1 aliphatic carbocycles. The molecule has 0 saturated carbocycles. The highest BCUT2D eigenvalue weighted by Crippen LogP contribution is 2.36. The second kappa shape index (κ2) is 6.99. The summed E-state index contributed by atoms with van der Waals surface area (Å²) in [5.74, 6) is 0.852. The molecule has 0 N–H and O–H groups in total. The van der Waals surface area contributed by atoms with E-state index in [1.54, 1.807) is 7.11 Å². The topological polar surface area (TPSA) is 35.5 Å². The van der Waals surface area contributed by atoms with Crippen molar-refractivity contribution in [1.29, 1.82) is 0 Å². The lowest BCUT2D eigenvalue weighted by Crippen LogP contribution is -2.25. The number of carbonyl (C=O) groups excluding carboxylic acids is 1. The van der Waals surface area contributed by atoms with Gasteiger partial charge in [-0.25, -0.2) is 0 Å². The Morgan fingerprint density at radius 3 is 2.73 bits per heavy atom. The first-order valence-corrected chi connectivity index (χ1v) is 7.93. The Labute approximate surface area is 133 Å². The van der Waals surface area contributed by atoms with E-state index in [-0.39, 0.29) is 5.97 Å². The van der Waals surface area contributed by atoms with Crippen LogP contribution >= 0.6 is 0 Å². The first-order chi connectivity index (χ1) is 10.5. The number of esters is 1. The Bertz CT molecular complexity index is 570. The van der Waals surface area contributed by atoms with Crippen LogP contribution in [0.15, 0.2) is 24.3 Å². The van der Waals surface area contributed by atoms with Crippen molar-refractivity contribution < 1.29 is 14.3 Å². The average molecular weight is 302 g/mol. The van der Waals surface area contributed by atoms with Crippen molar-refractivity contribution in [3.63, 3.8) is 0 Å². The molecule has 0 aromatic heterocycles. The van der Waals surface area contributed by atoms with Crippen molar-refractivity contribution in [1.82, 2.24) is 0 Å². The zero-order valence-electron chi connectivity index (χ0n) is 14.1. The predicted molar refractivity (Wildman–Crippen MR) is 88.9 cm³/mol. The molecule has 0 spiro atoms. The summed E-state index contributed by atoms with van der Waals surface area (Å²) in [6, 6.07) is 6.26. The van der Waals surface area contributed by atoms with E-state index in [9.17, 15) is 4.79 Å². The standard InChI is InChI=1S/C19H26O3/c1-19(2,18(20)22-4)13-7-9-14-8-5-11-16-15(14)10-6-12-17(16)21-3/h6,8,10,12H,5,7,9,11,13H2,1-4H3. The number of methoxy groups -OCH3 is 2. The van der Waals surface area contributed by atoms with Gasteiger partial charge in [-0.3, -0.25) is 4.79 Å². The first-order valence-electron chi connectivity index (χ1n) is 7.93. The summed E-state index contributed by atoms with van der Waals surface area (Å²) in [5.41, 5.74) is 3.58. The molecule has 0 bridgehead atoms. The lowest BCUT2D eigenvalue weighted by molar-refractivity contribution is -0.151. The molecule has 1 aliphatic rings. The molecule has 0 fully saturated rings. The van der Waals surface area contributed by atoms with E-state index in [4.69, 9.17) is 9.47 Å². The third-order valence-corrected chi connectivity index (χ3v) is 4.47. The number of ether oxygens (including phenoxy) is 2. The quantitative estimate of drug-likeness (QED) is 0.731. The number of allylic oxidation sites excluding steroid dienone is 2. The van der Waals surface area contributed by atoms with Gasteiger partial charge in [0.05, 0.1) is 19.6 Å². The minimum absolute atomic E-state index is 0.132. The summed E-state index contributed by atoms with van der Waals surface area (Å²) in [5, 5.41) is 0. The van der Waals surface area contributed by atoms with E-state index in [2.05, 4.69) is 18.2 Å². The molecule has 1 aromatic rings. The summed E-state index contributed by atoms with van der Waals surface area (Å²) < 4.78 is 10.4. The highest BCUT2D eigenvalue weighted by atomic mass is 16.5. The zero-order valence-corrected chi connectivity index (χ0v) is 14.1. The number of fused-ring (bicyclic) bond motifs is 1. The summed E-state index contributed by atoms with van der Waals surface area (Å²) in [7, 11) is 3.18. The fourth-order valence-corrected chi connectivity index (χ4v) is 3.15. The van der Waals surface area contributed by atoms with Crippen LogP contribution in [-0.2, 0) is 16.0 Å². The third kappa shape index (κ3) is 3.52. The maximum absolute atomic E-state index is 11.7. The molecular weight excluding hydrogens is 276 g/mol. The van der Waals surface area contributed by atoms with E-state index in [0.29, 0.717) is 0 Å². The van der Waals surface area contributed by atoms with Gasteiger partial charge < -0.3 is 9.47 Å². The van der Waals surface area contributed by atoms with Gasteiger partial charge >= 0.3 is 5.97 Å². The lowest BCUT2D eigenvalue weighted by Gasteiger charge is -2.23. The highest BCUT2D eigenvalue weighted by Gasteiger charge is 2.28. The van der Waals surface area contributed by atoms with Crippen LogP contribution in [0.3, 0.4) is 0 Å². The minimum Gasteiger partial charge on any atom is -0.496 e. The minimum atomic E-state index is -0.415. The maximum atomic E-state index is 11.7. The van der Waals surface area contributed by atoms with Crippen molar-refractivity contribution >= 4 is 11.5 Å². The van der Waals surface area contributed by atoms with E-state index in [0.717, 1.165) is 37.9 Å². The number of hydrogen-bond acceptors (Lipinski definition) is 3. The van der Waals surface area contributed by atoms with Crippen molar-refractivity contribution in [2.75, 3.05) is 14.2 Å². The zero-order chi connectivity index (χ0) is 16.2. The molecule has 3 nitrogen and oxygen atoms in total. The van der Waals surface area contributed by atoms with Crippen LogP contribution in [0, 0.1) is 5.41 Å². The Balaban J connectivity index is 2.04. The molecule has 0 unspecified atom stereocenters. The number of carbonyl (C=O) groups is 1. The van der Waals surface area contributed by atoms with Crippen LogP contribution in [0.1, 0.15) is 50.7 Å². The van der Waals surface area contributed by atoms with Crippen molar-refractivity contribution in [2.45, 2.75) is 46.0 Å². The van der Waals surface area contributed by atoms with Crippen LogP contribution in [-0.4, -0.2) is 20.2 Å². The average Bonchev–Trinajstić information content (AvgIpc) is 2.53. The van der Waals surface area contributed by atoms with Gasteiger partial charge in [0.1, 0.15) is 5.75 Å². The van der Waals surface area contributed by atoms with E-state index >= 15 is 0 Å². The Hall–Kier alpha value is -1.77. The van der Waals surface area contributed by atoms with Crippen molar-refractivity contribution in [3.8, 4) is 5.75 Å². The molecule has 120 valence electrons. The number of benzene rings is 1. The molecule has 0 amide bonds. The molecular formula is C19H26O3. The van der Waals surface area contributed by atoms with E-state index in [1.165, 1.54) is 23.8 Å². The van der Waals surface area contributed by atoms with E-state index in [1.807, 2.05) is 19.9 Å². The van der Waals surface area contributed by atoms with Crippen molar-refractivity contribution in [3.05, 3.63) is 35.4 Å². The van der Waals surface area contributed by atoms with Gasteiger partial charge in [-0.1, -0.05) is 18.2 Å². The molecule has 0 atom stereocenters. The van der Waals surface area contributed by atoms with Crippen LogP contribution in [0.5, 0.6) is 5.75 Å². The van der Waals surface area contributed by atoms with Gasteiger partial charge in [0, 0.05) is 5.56 Å². The third-order valence-electron chi connectivity index (χ3n) is 4.47. The SMILES string of the molecule is COC(=O)C(C)(C)CCCC1=CCCc2c(OC)cccc21. The normalized spacial score (nSPS) is 14.1. The van der Waals surface area contributed by atoms with Crippen LogP contribution < -0.4 is 4.74 Å². The lowest BCUT2D eigenvalue weighted by atomic mass is 9.83. The molecule has 0 saturated heterocycles. The summed E-state index contributed by atoms with van der Waals surface area (Å²) >= 11 is 0. The summed E-state index contributed by atoms with van der Waals surface area (Å²) in [6.45, 7) is 3.90. The second-order valence-electron chi connectivity index (χ2n) is 6.48. The van der Waals surface area contributed by atoms with Gasteiger partial charge in [-0.2, -0.15) is 0 Å². The van der Waals surface area contributed by atoms with Crippen molar-refractivity contribution in [2.24, 2.45) is 5.41 Å². The highest BCUT2D eigenvalue weighted by molar-refractivity contribution is 5.76. The van der Waals surface area contributed by atoms with Crippen LogP contribution in [0.2, 0.25) is 0 Å². The largest absolute Gasteiger partial charge is 0.496 e. The Morgan fingerprint density at radius 2 is 2.05 bits per heavy atom. The molecule has 0 radical (unpaired) electrons. The van der Waals surface area contributed by atoms with Crippen LogP contribution in [0.25, 0.3) is 5.57 Å². The van der Waals surface area contributed by atoms with Crippen LogP contribution in [0.4, 0.5) is 0 Å². The van der Waals surface area contributed by atoms with Gasteiger partial charge in [0.2, 0.25) is 0 Å². The molecule has 0 aliphatic heterocycles. The summed E-state index contributed by atoms with van der Waals surface area (Å²) in [4.78, 5) is 11.7. The Kier molecular flexibility index (Phi) is 5.28. The fraction of sp³-hybridized carbons (Fsp3) is 0.526. The van der Waals surface area contributed by atoms with Gasteiger partial charge in [-0.05, 0) is 63.2 Å². The summed E-state index contributed by atoms with van der Waals surface area (Å²) in [6.07, 6.45) is 7.22. The second-order valence-corrected chi connectivity index (χ2v) is 6.48. The monoisotopic (exact) mass is 302 g/mol. The molecule has 22 heavy (non-hydrogen) atoms. The van der Waals surface area contributed by atoms with Gasteiger partial charge in [0.15, 0.2) is 0 Å². The van der Waals surface area contributed by atoms with E-state index < -0.39 is 5.41 Å².